The van der Waals surface area contributed by atoms with E-state index in [9.17, 15) is 8.78 Å². The lowest BCUT2D eigenvalue weighted by Crippen LogP contribution is -2.43. The van der Waals surface area contributed by atoms with Crippen LogP contribution in [0.25, 0.3) is 0 Å². The Kier molecular flexibility index (Phi) is 5.75. The highest BCUT2D eigenvalue weighted by molar-refractivity contribution is 6.90. The zero-order valence-corrected chi connectivity index (χ0v) is 14.9. The van der Waals surface area contributed by atoms with Crippen LogP contribution >= 0.6 is 0 Å². The summed E-state index contributed by atoms with van der Waals surface area (Å²) in [4.78, 5) is 0. The predicted molar refractivity (Wildman–Crippen MR) is 89.2 cm³/mol. The molecule has 1 aromatic rings. The van der Waals surface area contributed by atoms with Crippen molar-refractivity contribution in [1.82, 2.24) is 0 Å². The maximum Gasteiger partial charge on any atom is 0.333 e. The lowest BCUT2D eigenvalue weighted by atomic mass is 10.1. The summed E-state index contributed by atoms with van der Waals surface area (Å²) in [6.07, 6.45) is 0. The van der Waals surface area contributed by atoms with E-state index in [4.69, 9.17) is 0 Å². The fraction of sp³-hybridized carbons (Fsp3) is 0.556. The molecular formula is C18H26F2Si. The van der Waals surface area contributed by atoms with Crippen LogP contribution in [0.15, 0.2) is 30.3 Å². The first-order chi connectivity index (χ1) is 9.64. The summed E-state index contributed by atoms with van der Waals surface area (Å²) in [5, 5.41) is 0. The second kappa shape index (κ2) is 6.75. The smallest absolute Gasteiger partial charge is 0.186 e. The third-order valence-electron chi connectivity index (χ3n) is 4.44. The van der Waals surface area contributed by atoms with E-state index in [0.717, 1.165) is 0 Å². The van der Waals surface area contributed by atoms with Gasteiger partial charge < -0.3 is 0 Å². The van der Waals surface area contributed by atoms with Crippen LogP contribution in [0.3, 0.4) is 0 Å². The van der Waals surface area contributed by atoms with Crippen molar-refractivity contribution in [3.8, 4) is 11.5 Å². The third kappa shape index (κ3) is 3.74. The normalized spacial score (nSPS) is 12.7. The number of alkyl halides is 2. The van der Waals surface area contributed by atoms with Gasteiger partial charge in [-0.1, -0.05) is 71.9 Å². The van der Waals surface area contributed by atoms with Crippen molar-refractivity contribution >= 4 is 8.07 Å². The van der Waals surface area contributed by atoms with Crippen LogP contribution in [0.5, 0.6) is 0 Å². The second-order valence-corrected chi connectivity index (χ2v) is 12.2. The monoisotopic (exact) mass is 308 g/mol. The van der Waals surface area contributed by atoms with Gasteiger partial charge in [0.05, 0.1) is 0 Å². The largest absolute Gasteiger partial charge is 0.333 e. The van der Waals surface area contributed by atoms with Crippen LogP contribution in [0.4, 0.5) is 8.78 Å². The van der Waals surface area contributed by atoms with E-state index in [1.54, 1.807) is 18.2 Å². The van der Waals surface area contributed by atoms with Crippen molar-refractivity contribution in [2.45, 2.75) is 64.1 Å². The van der Waals surface area contributed by atoms with Crippen LogP contribution in [-0.4, -0.2) is 8.07 Å². The van der Waals surface area contributed by atoms with E-state index in [1.807, 2.05) is 0 Å². The second-order valence-electron chi connectivity index (χ2n) is 6.59. The summed E-state index contributed by atoms with van der Waals surface area (Å²) in [6, 6.07) is 7.88. The Bertz CT molecular complexity index is 485. The molecule has 0 amide bonds. The summed E-state index contributed by atoms with van der Waals surface area (Å²) in [5.41, 5.74) is 4.17. The van der Waals surface area contributed by atoms with Gasteiger partial charge in [0.25, 0.3) is 0 Å². The minimum absolute atomic E-state index is 0.0170. The molecule has 0 nitrogen and oxygen atoms in total. The highest BCUT2D eigenvalue weighted by Gasteiger charge is 2.42. The lowest BCUT2D eigenvalue weighted by Gasteiger charge is -2.38. The van der Waals surface area contributed by atoms with Gasteiger partial charge in [-0.15, -0.1) is 5.54 Å². The van der Waals surface area contributed by atoms with Crippen LogP contribution in [0.1, 0.15) is 47.1 Å². The molecule has 0 fully saturated rings. The molecule has 1 rings (SSSR count). The maximum absolute atomic E-state index is 14.3. The first-order valence-electron chi connectivity index (χ1n) is 7.62. The van der Waals surface area contributed by atoms with Crippen molar-refractivity contribution in [3.05, 3.63) is 35.9 Å². The molecule has 0 aromatic heterocycles. The maximum atomic E-state index is 14.3. The van der Waals surface area contributed by atoms with Crippen LogP contribution in [0, 0.1) is 11.5 Å². The Labute approximate surface area is 129 Å². The number of benzene rings is 1. The summed E-state index contributed by atoms with van der Waals surface area (Å²) in [5.74, 6) is -0.733. The van der Waals surface area contributed by atoms with Gasteiger partial charge in [-0.3, -0.25) is 0 Å². The van der Waals surface area contributed by atoms with Crippen molar-refractivity contribution in [1.29, 1.82) is 0 Å². The van der Waals surface area contributed by atoms with Gasteiger partial charge in [0.2, 0.25) is 0 Å². The zero-order valence-electron chi connectivity index (χ0n) is 13.9. The van der Waals surface area contributed by atoms with Crippen molar-refractivity contribution < 1.29 is 8.78 Å². The van der Waals surface area contributed by atoms with Gasteiger partial charge in [-0.25, -0.2) is 0 Å². The van der Waals surface area contributed by atoms with Crippen LogP contribution < -0.4 is 0 Å². The Balaban J connectivity index is 3.28. The van der Waals surface area contributed by atoms with E-state index >= 15 is 0 Å². The van der Waals surface area contributed by atoms with E-state index in [0.29, 0.717) is 16.6 Å². The average Bonchev–Trinajstić information content (AvgIpc) is 2.39. The molecule has 0 bridgehead atoms. The molecule has 0 unspecified atom stereocenters. The topological polar surface area (TPSA) is 0 Å². The Hall–Kier alpha value is -1.14. The van der Waals surface area contributed by atoms with Gasteiger partial charge in [-0.05, 0) is 22.5 Å². The molecule has 0 spiro atoms. The molecular weight excluding hydrogens is 282 g/mol. The number of hydrogen-bond acceptors (Lipinski definition) is 0. The zero-order chi connectivity index (χ0) is 16.3. The van der Waals surface area contributed by atoms with Crippen molar-refractivity contribution in [2.24, 2.45) is 0 Å². The SMILES string of the molecule is CC(C)[Si](C#CC(F)(F)c1ccccc1)(C(C)C)C(C)C. The van der Waals surface area contributed by atoms with Crippen molar-refractivity contribution in [2.75, 3.05) is 0 Å². The van der Waals surface area contributed by atoms with E-state index in [1.165, 1.54) is 12.1 Å². The highest BCUT2D eigenvalue weighted by atomic mass is 28.3. The third-order valence-corrected chi connectivity index (χ3v) is 10.7. The fourth-order valence-electron chi connectivity index (χ4n) is 3.34. The molecule has 21 heavy (non-hydrogen) atoms. The van der Waals surface area contributed by atoms with Crippen molar-refractivity contribution in [3.63, 3.8) is 0 Å². The molecule has 0 radical (unpaired) electrons. The highest BCUT2D eigenvalue weighted by Crippen LogP contribution is 2.41. The number of hydrogen-bond donors (Lipinski definition) is 0. The van der Waals surface area contributed by atoms with E-state index < -0.39 is 14.0 Å². The molecule has 0 heterocycles. The minimum Gasteiger partial charge on any atom is -0.186 e. The molecule has 0 atom stereocenters. The summed E-state index contributed by atoms with van der Waals surface area (Å²) < 4.78 is 28.7. The average molecular weight is 308 g/mol. The number of rotatable bonds is 4. The Morgan fingerprint density at radius 3 is 1.67 bits per heavy atom. The molecule has 0 saturated heterocycles. The predicted octanol–water partition coefficient (Wildman–Crippen LogP) is 6.00. The molecule has 0 N–H and O–H groups in total. The summed E-state index contributed by atoms with van der Waals surface area (Å²) >= 11 is 0. The van der Waals surface area contributed by atoms with Crippen LogP contribution in [0.2, 0.25) is 16.6 Å². The Morgan fingerprint density at radius 2 is 1.29 bits per heavy atom. The van der Waals surface area contributed by atoms with Gasteiger partial charge in [-0.2, -0.15) is 8.78 Å². The van der Waals surface area contributed by atoms with Gasteiger partial charge in [0, 0.05) is 5.56 Å². The molecule has 0 aliphatic carbocycles. The molecule has 1 aromatic carbocycles. The fourth-order valence-corrected chi connectivity index (χ4v) is 8.58. The molecule has 0 aliphatic heterocycles. The lowest BCUT2D eigenvalue weighted by molar-refractivity contribution is 0.0639. The first kappa shape index (κ1) is 17.9. The summed E-state index contributed by atoms with van der Waals surface area (Å²) in [6.45, 7) is 12.8. The van der Waals surface area contributed by atoms with Gasteiger partial charge >= 0.3 is 5.92 Å². The number of halogens is 2. The van der Waals surface area contributed by atoms with Gasteiger partial charge in [0.1, 0.15) is 8.07 Å². The first-order valence-corrected chi connectivity index (χ1v) is 9.85. The summed E-state index contributed by atoms with van der Waals surface area (Å²) in [7, 11) is -2.11. The van der Waals surface area contributed by atoms with E-state index in [2.05, 4.69) is 53.0 Å². The standard InChI is InChI=1S/C18H26F2Si/c1-14(2)21(15(3)4,16(5)6)13-12-18(19,20)17-10-8-7-9-11-17/h7-11,14-16H,1-6H3. The minimum atomic E-state index is -3.07. The van der Waals surface area contributed by atoms with Gasteiger partial charge in [0.15, 0.2) is 0 Å². The molecule has 116 valence electrons. The quantitative estimate of drug-likeness (QED) is 0.472. The van der Waals surface area contributed by atoms with Crippen LogP contribution in [-0.2, 0) is 5.92 Å². The Morgan fingerprint density at radius 1 is 0.857 bits per heavy atom. The molecule has 3 heteroatoms. The molecule has 0 saturated carbocycles. The molecule has 0 aliphatic rings. The van der Waals surface area contributed by atoms with E-state index in [-0.39, 0.29) is 5.56 Å².